The van der Waals surface area contributed by atoms with Gasteiger partial charge in [-0.25, -0.2) is 4.79 Å². The first kappa shape index (κ1) is 17.1. The van der Waals surface area contributed by atoms with Crippen molar-refractivity contribution in [3.63, 3.8) is 0 Å². The highest BCUT2D eigenvalue weighted by molar-refractivity contribution is 7.97. The van der Waals surface area contributed by atoms with Crippen molar-refractivity contribution in [2.24, 2.45) is 5.92 Å². The Bertz CT molecular complexity index is 581. The third-order valence-corrected chi connectivity index (χ3v) is 6.73. The van der Waals surface area contributed by atoms with E-state index in [1.807, 2.05) is 36.4 Å². The first-order valence-corrected chi connectivity index (χ1v) is 10.2. The number of ether oxygens (including phenoxy) is 1. The van der Waals surface area contributed by atoms with Crippen molar-refractivity contribution < 1.29 is 9.53 Å². The summed E-state index contributed by atoms with van der Waals surface area (Å²) in [7, 11) is -0.262. The van der Waals surface area contributed by atoms with Gasteiger partial charge in [0, 0.05) is 0 Å². The largest absolute Gasteiger partial charge is 0.462 e. The maximum atomic E-state index is 12.4. The molecular weight excluding hydrogens is 316 g/mol. The second-order valence-corrected chi connectivity index (χ2v) is 8.36. The number of esters is 1. The zero-order valence-corrected chi connectivity index (χ0v) is 14.8. The van der Waals surface area contributed by atoms with E-state index in [9.17, 15) is 4.79 Å². The van der Waals surface area contributed by atoms with E-state index < -0.39 is 0 Å². The Hall–Kier alpha value is -1.74. The van der Waals surface area contributed by atoms with E-state index in [2.05, 4.69) is 24.3 Å². The molecule has 3 rings (SSSR count). The lowest BCUT2D eigenvalue weighted by Gasteiger charge is -2.20. The van der Waals surface area contributed by atoms with Gasteiger partial charge in [0.1, 0.15) is 0 Å². The molecule has 0 unspecified atom stereocenters. The summed E-state index contributed by atoms with van der Waals surface area (Å²) in [6, 6.07) is 20.6. The van der Waals surface area contributed by atoms with Crippen LogP contribution < -0.4 is 0 Å². The minimum atomic E-state index is -0.262. The monoisotopic (exact) mass is 341 g/mol. The highest BCUT2D eigenvalue weighted by atomic mass is 32.2. The number of hydrogen-bond donors (Lipinski definition) is 0. The van der Waals surface area contributed by atoms with Crippen LogP contribution in [0, 0.1) is 5.92 Å². The predicted octanol–water partition coefficient (Wildman–Crippen LogP) is 4.85. The Morgan fingerprint density at radius 1 is 0.875 bits per heavy atom. The normalized spacial score (nSPS) is 15.4. The molecule has 0 saturated heterocycles. The molecule has 24 heavy (non-hydrogen) atoms. The van der Waals surface area contributed by atoms with Crippen LogP contribution in [0.2, 0.25) is 0 Å². The molecule has 0 bridgehead atoms. The Labute approximate surface area is 147 Å². The van der Waals surface area contributed by atoms with Crippen LogP contribution in [0.3, 0.4) is 0 Å². The van der Waals surface area contributed by atoms with Gasteiger partial charge in [0.15, 0.2) is 9.79 Å². The van der Waals surface area contributed by atoms with Crippen LogP contribution in [-0.4, -0.2) is 18.3 Å². The summed E-state index contributed by atoms with van der Waals surface area (Å²) in [5.41, 5.74) is 0. The van der Waals surface area contributed by atoms with Crippen molar-refractivity contribution >= 4 is 16.9 Å². The van der Waals surface area contributed by atoms with Gasteiger partial charge in [-0.15, -0.1) is 0 Å². The molecule has 1 saturated carbocycles. The van der Waals surface area contributed by atoms with Crippen LogP contribution in [-0.2, 0) is 20.4 Å². The fourth-order valence-electron chi connectivity index (χ4n) is 3.20. The smallest absolute Gasteiger partial charge is 0.357 e. The van der Waals surface area contributed by atoms with E-state index in [1.165, 1.54) is 41.9 Å². The van der Waals surface area contributed by atoms with E-state index in [-0.39, 0.29) is 16.9 Å². The van der Waals surface area contributed by atoms with E-state index in [4.69, 9.17) is 4.74 Å². The molecule has 3 heteroatoms. The summed E-state index contributed by atoms with van der Waals surface area (Å²) in [6.07, 6.45) is 6.30. The molecule has 0 aromatic heterocycles. The zero-order valence-electron chi connectivity index (χ0n) is 14.0. The average Bonchev–Trinajstić information content (AvgIpc) is 2.67. The van der Waals surface area contributed by atoms with Crippen molar-refractivity contribution in [3.05, 3.63) is 60.7 Å². The summed E-state index contributed by atoms with van der Waals surface area (Å²) in [4.78, 5) is 14.8. The Kier molecular flexibility index (Phi) is 6.36. The Morgan fingerprint density at radius 3 is 1.96 bits per heavy atom. The second-order valence-electron chi connectivity index (χ2n) is 6.35. The number of benzene rings is 2. The minimum absolute atomic E-state index is 0.0726. The number of hydrogen-bond acceptors (Lipinski definition) is 2. The van der Waals surface area contributed by atoms with Crippen molar-refractivity contribution in [2.45, 2.75) is 41.9 Å². The highest BCUT2D eigenvalue weighted by Crippen LogP contribution is 2.25. The molecule has 0 N–H and O–H groups in total. The van der Waals surface area contributed by atoms with Gasteiger partial charge in [-0.1, -0.05) is 55.7 Å². The Morgan fingerprint density at radius 2 is 1.42 bits per heavy atom. The molecule has 2 aromatic rings. The fourth-order valence-corrected chi connectivity index (χ4v) is 5.09. The van der Waals surface area contributed by atoms with E-state index in [0.717, 1.165) is 0 Å². The van der Waals surface area contributed by atoms with Crippen molar-refractivity contribution in [2.75, 3.05) is 12.4 Å². The number of carbonyl (C=O) groups is 1. The van der Waals surface area contributed by atoms with Gasteiger partial charge in [-0.3, -0.25) is 0 Å². The number of rotatable bonds is 6. The predicted molar refractivity (Wildman–Crippen MR) is 99.2 cm³/mol. The Balaban J connectivity index is 1.64. The molecule has 1 fully saturated rings. The number of carbonyl (C=O) groups excluding carboxylic acids is 1. The zero-order chi connectivity index (χ0) is 16.6. The lowest BCUT2D eigenvalue weighted by atomic mass is 9.90. The molecule has 126 valence electrons. The molecule has 0 spiro atoms. The molecule has 0 radical (unpaired) electrons. The van der Waals surface area contributed by atoms with Gasteiger partial charge < -0.3 is 4.74 Å². The minimum Gasteiger partial charge on any atom is -0.462 e. The van der Waals surface area contributed by atoms with Gasteiger partial charge in [-0.05, 0) is 43.0 Å². The third kappa shape index (κ3) is 4.88. The first-order chi connectivity index (χ1) is 11.8. The van der Waals surface area contributed by atoms with Gasteiger partial charge in [0.2, 0.25) is 5.75 Å². The maximum absolute atomic E-state index is 12.4. The summed E-state index contributed by atoms with van der Waals surface area (Å²) < 4.78 is 5.62. The molecule has 2 aromatic carbocycles. The molecule has 0 aliphatic heterocycles. The van der Waals surface area contributed by atoms with Crippen LogP contribution >= 0.6 is 0 Å². The SMILES string of the molecule is O=C(C[S+](c1ccccc1)c1ccccc1)OCC1CCCCC1. The van der Waals surface area contributed by atoms with Crippen LogP contribution in [0.5, 0.6) is 0 Å². The quantitative estimate of drug-likeness (QED) is 0.555. The summed E-state index contributed by atoms with van der Waals surface area (Å²) in [5, 5.41) is 0. The molecule has 0 heterocycles. The van der Waals surface area contributed by atoms with Crippen LogP contribution in [0.4, 0.5) is 0 Å². The summed E-state index contributed by atoms with van der Waals surface area (Å²) in [5.74, 6) is 0.926. The van der Waals surface area contributed by atoms with Crippen LogP contribution in [0.25, 0.3) is 0 Å². The average molecular weight is 341 g/mol. The standard InChI is InChI=1S/C21H25O2S/c22-21(23-16-18-10-4-1-5-11-18)17-24(19-12-6-2-7-13-19)20-14-8-3-9-15-20/h2-3,6-9,12-15,18H,1,4-5,10-11,16-17H2/q+1. The van der Waals surface area contributed by atoms with E-state index in [1.54, 1.807) is 0 Å². The topological polar surface area (TPSA) is 26.3 Å². The van der Waals surface area contributed by atoms with Crippen molar-refractivity contribution in [3.8, 4) is 0 Å². The van der Waals surface area contributed by atoms with Gasteiger partial charge in [0.05, 0.1) is 17.5 Å². The lowest BCUT2D eigenvalue weighted by molar-refractivity contribution is -0.142. The second kappa shape index (κ2) is 8.93. The van der Waals surface area contributed by atoms with Gasteiger partial charge in [0.25, 0.3) is 0 Å². The van der Waals surface area contributed by atoms with E-state index in [0.29, 0.717) is 18.3 Å². The molecular formula is C21H25O2S+. The van der Waals surface area contributed by atoms with Crippen LogP contribution in [0.1, 0.15) is 32.1 Å². The summed E-state index contributed by atoms with van der Waals surface area (Å²) in [6.45, 7) is 0.597. The molecule has 2 nitrogen and oxygen atoms in total. The molecule has 0 atom stereocenters. The molecule has 1 aliphatic rings. The third-order valence-electron chi connectivity index (χ3n) is 4.52. The molecule has 1 aliphatic carbocycles. The van der Waals surface area contributed by atoms with Gasteiger partial charge in [-0.2, -0.15) is 0 Å². The van der Waals surface area contributed by atoms with Crippen LogP contribution in [0.15, 0.2) is 70.5 Å². The first-order valence-electron chi connectivity index (χ1n) is 8.79. The van der Waals surface area contributed by atoms with Crippen molar-refractivity contribution in [1.29, 1.82) is 0 Å². The summed E-state index contributed by atoms with van der Waals surface area (Å²) >= 11 is 0. The van der Waals surface area contributed by atoms with Crippen molar-refractivity contribution in [1.82, 2.24) is 0 Å². The maximum Gasteiger partial charge on any atom is 0.357 e. The van der Waals surface area contributed by atoms with E-state index >= 15 is 0 Å². The fraction of sp³-hybridized carbons (Fsp3) is 0.381. The highest BCUT2D eigenvalue weighted by Gasteiger charge is 2.29. The molecule has 0 amide bonds. The lowest BCUT2D eigenvalue weighted by Crippen LogP contribution is -2.23. The van der Waals surface area contributed by atoms with Gasteiger partial charge >= 0.3 is 5.97 Å².